The molecule has 0 aliphatic rings. The van der Waals surface area contributed by atoms with Gasteiger partial charge in [-0.25, -0.2) is 0 Å². The third kappa shape index (κ3) is 2.31. The number of Topliss-reactive ketones (excluding diaryl/α,β-unsaturated/α-hetero) is 1. The smallest absolute Gasteiger partial charge is 0.147 e. The summed E-state index contributed by atoms with van der Waals surface area (Å²) in [4.78, 5) is 10.2. The van der Waals surface area contributed by atoms with E-state index in [1.54, 1.807) is 6.92 Å². The molecule has 42 valence electrons. The van der Waals surface area contributed by atoms with E-state index in [1.807, 2.05) is 0 Å². The highest BCUT2D eigenvalue weighted by molar-refractivity contribution is 5.80. The summed E-state index contributed by atoms with van der Waals surface area (Å²) in [5.41, 5.74) is 2.31. The summed E-state index contributed by atoms with van der Waals surface area (Å²) >= 11 is 0. The predicted octanol–water partition coefficient (Wildman–Crippen LogP) is -0.573. The minimum atomic E-state index is -0.208. The van der Waals surface area contributed by atoms with Crippen LogP contribution in [0.4, 0.5) is 0 Å². The normalized spacial score (nSPS) is 13.6. The highest BCUT2D eigenvalue weighted by atomic mass is 16.1. The number of hydrogen-bond acceptors (Lipinski definition) is 3. The first-order valence-electron chi connectivity index (χ1n) is 2.15. The third-order valence-corrected chi connectivity index (χ3v) is 0.860. The predicted molar refractivity (Wildman–Crippen MR) is 27.5 cm³/mol. The number of nitrogens with one attached hydrogen (secondary N) is 1. The Balaban J connectivity index is 3.34. The number of nitrogens with two attached hydrogens (primary N) is 1. The number of carbonyl (C=O) groups excluding carboxylic acids is 1. The Bertz CT molecular complexity index is 72.1. The lowest BCUT2D eigenvalue weighted by Crippen LogP contribution is -2.37. The molecule has 0 saturated carbocycles. The first-order valence-corrected chi connectivity index (χ1v) is 2.15. The van der Waals surface area contributed by atoms with Crippen molar-refractivity contribution in [2.24, 2.45) is 5.84 Å². The standard InChI is InChI=1S/C4H10N2O/c1-3(6-5)4(2)7/h3,6H,5H2,1-2H3. The molecular formula is C4H10N2O. The molecule has 0 radical (unpaired) electrons. The van der Waals surface area contributed by atoms with Crippen LogP contribution in [0, 0.1) is 0 Å². The molecule has 0 saturated heterocycles. The lowest BCUT2D eigenvalue weighted by Gasteiger charge is -2.01. The SMILES string of the molecule is CC(=O)C(C)NN. The van der Waals surface area contributed by atoms with Gasteiger partial charge < -0.3 is 0 Å². The molecule has 0 spiro atoms. The van der Waals surface area contributed by atoms with Gasteiger partial charge in [0.25, 0.3) is 0 Å². The maximum absolute atomic E-state index is 10.2. The van der Waals surface area contributed by atoms with Crippen LogP contribution in [0.15, 0.2) is 0 Å². The van der Waals surface area contributed by atoms with E-state index < -0.39 is 0 Å². The van der Waals surface area contributed by atoms with Crippen molar-refractivity contribution < 1.29 is 4.79 Å². The molecule has 0 aliphatic heterocycles. The van der Waals surface area contributed by atoms with E-state index in [0.717, 1.165) is 0 Å². The molecular weight excluding hydrogens is 92.1 g/mol. The Hall–Kier alpha value is -0.410. The fourth-order valence-corrected chi connectivity index (χ4v) is 0.117. The number of carbonyl (C=O) groups is 1. The van der Waals surface area contributed by atoms with Crippen LogP contribution >= 0.6 is 0 Å². The van der Waals surface area contributed by atoms with Crippen molar-refractivity contribution in [2.45, 2.75) is 19.9 Å². The first kappa shape index (κ1) is 6.59. The molecule has 7 heavy (non-hydrogen) atoms. The average molecular weight is 102 g/mol. The Labute approximate surface area is 42.9 Å². The summed E-state index contributed by atoms with van der Waals surface area (Å²) in [6.07, 6.45) is 0. The fourth-order valence-electron chi connectivity index (χ4n) is 0.117. The van der Waals surface area contributed by atoms with E-state index in [-0.39, 0.29) is 11.8 Å². The highest BCUT2D eigenvalue weighted by Gasteiger charge is 2.00. The molecule has 0 rings (SSSR count). The van der Waals surface area contributed by atoms with Crippen LogP contribution in [-0.2, 0) is 4.79 Å². The lowest BCUT2D eigenvalue weighted by molar-refractivity contribution is -0.118. The summed E-state index contributed by atoms with van der Waals surface area (Å²) in [6, 6.07) is -0.208. The van der Waals surface area contributed by atoms with Gasteiger partial charge in [-0.15, -0.1) is 0 Å². The van der Waals surface area contributed by atoms with E-state index >= 15 is 0 Å². The zero-order valence-corrected chi connectivity index (χ0v) is 4.56. The summed E-state index contributed by atoms with van der Waals surface area (Å²) in [5, 5.41) is 0. The second-order valence-corrected chi connectivity index (χ2v) is 1.50. The van der Waals surface area contributed by atoms with Gasteiger partial charge in [-0.1, -0.05) is 0 Å². The van der Waals surface area contributed by atoms with Gasteiger partial charge in [-0.2, -0.15) is 0 Å². The number of rotatable bonds is 2. The van der Waals surface area contributed by atoms with Crippen LogP contribution < -0.4 is 11.3 Å². The Morgan fingerprint density at radius 3 is 2.29 bits per heavy atom. The van der Waals surface area contributed by atoms with Gasteiger partial charge in [0.05, 0.1) is 6.04 Å². The van der Waals surface area contributed by atoms with E-state index in [4.69, 9.17) is 5.84 Å². The van der Waals surface area contributed by atoms with Crippen LogP contribution in [-0.4, -0.2) is 11.8 Å². The molecule has 0 aromatic rings. The first-order chi connectivity index (χ1) is 3.18. The van der Waals surface area contributed by atoms with Crippen molar-refractivity contribution in [1.82, 2.24) is 5.43 Å². The fraction of sp³-hybridized carbons (Fsp3) is 0.750. The van der Waals surface area contributed by atoms with Crippen molar-refractivity contribution in [3.05, 3.63) is 0 Å². The van der Waals surface area contributed by atoms with Crippen LogP contribution in [0.25, 0.3) is 0 Å². The van der Waals surface area contributed by atoms with Gasteiger partial charge >= 0.3 is 0 Å². The number of ketones is 1. The summed E-state index contributed by atoms with van der Waals surface area (Å²) in [6.45, 7) is 3.20. The molecule has 0 fully saturated rings. The second-order valence-electron chi connectivity index (χ2n) is 1.50. The summed E-state index contributed by atoms with van der Waals surface area (Å²) < 4.78 is 0. The molecule has 0 aliphatic carbocycles. The van der Waals surface area contributed by atoms with Gasteiger partial charge in [-0.3, -0.25) is 16.1 Å². The van der Waals surface area contributed by atoms with Crippen molar-refractivity contribution in [1.29, 1.82) is 0 Å². The minimum Gasteiger partial charge on any atom is -0.298 e. The van der Waals surface area contributed by atoms with E-state index in [9.17, 15) is 4.79 Å². The van der Waals surface area contributed by atoms with Gasteiger partial charge in [0.1, 0.15) is 5.78 Å². The molecule has 0 heterocycles. The quantitative estimate of drug-likeness (QED) is 0.362. The molecule has 3 nitrogen and oxygen atoms in total. The topological polar surface area (TPSA) is 55.1 Å². The van der Waals surface area contributed by atoms with Crippen molar-refractivity contribution in [2.75, 3.05) is 0 Å². The summed E-state index contributed by atoms with van der Waals surface area (Å²) in [7, 11) is 0. The van der Waals surface area contributed by atoms with Crippen LogP contribution in [0.3, 0.4) is 0 Å². The maximum Gasteiger partial charge on any atom is 0.147 e. The molecule has 3 heteroatoms. The van der Waals surface area contributed by atoms with E-state index in [2.05, 4.69) is 5.43 Å². The number of hydrogen-bond donors (Lipinski definition) is 2. The van der Waals surface area contributed by atoms with Gasteiger partial charge in [-0.05, 0) is 13.8 Å². The van der Waals surface area contributed by atoms with E-state index in [1.165, 1.54) is 6.92 Å². The van der Waals surface area contributed by atoms with Crippen molar-refractivity contribution >= 4 is 5.78 Å². The number of hydrazine groups is 1. The van der Waals surface area contributed by atoms with Gasteiger partial charge in [0.15, 0.2) is 0 Å². The lowest BCUT2D eigenvalue weighted by atomic mass is 10.3. The molecule has 1 atom stereocenters. The monoisotopic (exact) mass is 102 g/mol. The average Bonchev–Trinajstić information content (AvgIpc) is 1.65. The minimum absolute atomic E-state index is 0.0579. The molecule has 0 aromatic carbocycles. The van der Waals surface area contributed by atoms with Gasteiger partial charge in [0.2, 0.25) is 0 Å². The third-order valence-electron chi connectivity index (χ3n) is 0.860. The maximum atomic E-state index is 10.2. The van der Waals surface area contributed by atoms with Gasteiger partial charge in [0, 0.05) is 0 Å². The molecule has 1 unspecified atom stereocenters. The van der Waals surface area contributed by atoms with Crippen LogP contribution in [0.1, 0.15) is 13.8 Å². The van der Waals surface area contributed by atoms with E-state index in [0.29, 0.717) is 0 Å². The van der Waals surface area contributed by atoms with Crippen molar-refractivity contribution in [3.8, 4) is 0 Å². The Morgan fingerprint density at radius 2 is 2.29 bits per heavy atom. The molecule has 0 bridgehead atoms. The zero-order valence-electron chi connectivity index (χ0n) is 4.56. The summed E-state index contributed by atoms with van der Waals surface area (Å²) in [5.74, 6) is 4.96. The zero-order chi connectivity index (χ0) is 5.86. The largest absolute Gasteiger partial charge is 0.298 e. The molecule has 0 aromatic heterocycles. The van der Waals surface area contributed by atoms with Crippen LogP contribution in [0.2, 0.25) is 0 Å². The second kappa shape index (κ2) is 2.71. The Kier molecular flexibility index (Phi) is 2.55. The van der Waals surface area contributed by atoms with Crippen molar-refractivity contribution in [3.63, 3.8) is 0 Å². The molecule has 0 amide bonds. The highest BCUT2D eigenvalue weighted by Crippen LogP contribution is 1.76. The van der Waals surface area contributed by atoms with Crippen LogP contribution in [0.5, 0.6) is 0 Å². The molecule has 3 N–H and O–H groups in total. The Morgan fingerprint density at radius 1 is 1.86 bits per heavy atom.